The van der Waals surface area contributed by atoms with Crippen molar-refractivity contribution in [2.75, 3.05) is 27.2 Å². The summed E-state index contributed by atoms with van der Waals surface area (Å²) in [4.78, 5) is 11.7. The van der Waals surface area contributed by atoms with E-state index < -0.39 is 0 Å². The van der Waals surface area contributed by atoms with Crippen molar-refractivity contribution in [1.29, 1.82) is 0 Å². The van der Waals surface area contributed by atoms with Gasteiger partial charge in [-0.3, -0.25) is 5.10 Å². The minimum atomic E-state index is 0.260. The molecule has 2 unspecified atom stereocenters. The molecule has 1 saturated heterocycles. The lowest BCUT2D eigenvalue weighted by Crippen LogP contribution is -2.42. The van der Waals surface area contributed by atoms with E-state index in [1.807, 2.05) is 45.0 Å². The molecular formula is C35H53N7. The lowest BCUT2D eigenvalue weighted by molar-refractivity contribution is 0.413. The molecule has 228 valence electrons. The molecule has 2 heterocycles. The van der Waals surface area contributed by atoms with Gasteiger partial charge in [-0.05, 0) is 67.5 Å². The summed E-state index contributed by atoms with van der Waals surface area (Å²) in [6.45, 7) is 24.6. The van der Waals surface area contributed by atoms with E-state index in [2.05, 4.69) is 90.7 Å². The zero-order chi connectivity index (χ0) is 31.1. The highest BCUT2D eigenvalue weighted by Crippen LogP contribution is 2.22. The molecule has 1 aromatic carbocycles. The van der Waals surface area contributed by atoms with Crippen LogP contribution in [0.5, 0.6) is 0 Å². The van der Waals surface area contributed by atoms with Gasteiger partial charge in [0.1, 0.15) is 5.82 Å². The molecule has 1 fully saturated rings. The zero-order valence-electron chi connectivity index (χ0n) is 27.1. The first-order valence-corrected chi connectivity index (χ1v) is 15.2. The first kappa shape index (κ1) is 34.5. The topological polar surface area (TPSA) is 81.2 Å². The summed E-state index contributed by atoms with van der Waals surface area (Å²) in [5, 5.41) is 14.4. The molecule has 2 atom stereocenters. The largest absolute Gasteiger partial charge is 0.383 e. The van der Waals surface area contributed by atoms with E-state index in [1.54, 1.807) is 6.08 Å². The minimum Gasteiger partial charge on any atom is -0.383 e. The molecule has 0 bridgehead atoms. The van der Waals surface area contributed by atoms with E-state index >= 15 is 0 Å². The van der Waals surface area contributed by atoms with Crippen molar-refractivity contribution in [2.45, 2.75) is 72.8 Å². The zero-order valence-corrected chi connectivity index (χ0v) is 27.1. The van der Waals surface area contributed by atoms with Crippen molar-refractivity contribution in [3.05, 3.63) is 91.0 Å². The van der Waals surface area contributed by atoms with Crippen molar-refractivity contribution in [3.63, 3.8) is 0 Å². The third kappa shape index (κ3) is 10.9. The Morgan fingerprint density at radius 2 is 1.93 bits per heavy atom. The number of rotatable bonds is 13. The first-order valence-electron chi connectivity index (χ1n) is 15.2. The van der Waals surface area contributed by atoms with E-state index in [0.717, 1.165) is 65.4 Å². The number of nitrogens with zero attached hydrogens (tertiary/aromatic N) is 4. The highest BCUT2D eigenvalue weighted by atomic mass is 15.2. The molecule has 0 saturated carbocycles. The van der Waals surface area contributed by atoms with Crippen molar-refractivity contribution in [2.24, 2.45) is 10.9 Å². The number of nitrogens with one attached hydrogen (secondary N) is 3. The van der Waals surface area contributed by atoms with Gasteiger partial charge in [0, 0.05) is 38.6 Å². The second-order valence-corrected chi connectivity index (χ2v) is 11.3. The Morgan fingerprint density at radius 3 is 2.45 bits per heavy atom. The number of aromatic amines is 1. The Balaban J connectivity index is 0.000000782. The van der Waals surface area contributed by atoms with Crippen LogP contribution in [0.2, 0.25) is 0 Å². The van der Waals surface area contributed by atoms with Gasteiger partial charge in [-0.1, -0.05) is 90.1 Å². The predicted molar refractivity (Wildman–Crippen MR) is 182 cm³/mol. The van der Waals surface area contributed by atoms with Gasteiger partial charge in [0.25, 0.3) is 0 Å². The predicted octanol–water partition coefficient (Wildman–Crippen LogP) is 7.46. The van der Waals surface area contributed by atoms with Crippen LogP contribution in [0.25, 0.3) is 16.7 Å². The summed E-state index contributed by atoms with van der Waals surface area (Å²) in [6.07, 6.45) is 12.0. The van der Waals surface area contributed by atoms with Crippen LogP contribution in [0.1, 0.15) is 89.5 Å². The SMILES string of the molecule is C=C/C(=C\N(C)C)c1cccc(/C(C)=N/C(NC2CCCNC2)=C(\C=C)c2nc(C(=C)C)n[nH]2)c1.CCCC(C)CC. The number of H-pyrrole nitrogens is 1. The summed E-state index contributed by atoms with van der Waals surface area (Å²) < 4.78 is 0. The molecule has 0 amide bonds. The molecule has 0 spiro atoms. The van der Waals surface area contributed by atoms with Gasteiger partial charge < -0.3 is 15.5 Å². The Labute approximate surface area is 254 Å². The highest BCUT2D eigenvalue weighted by Gasteiger charge is 2.18. The van der Waals surface area contributed by atoms with Crippen molar-refractivity contribution >= 4 is 22.4 Å². The van der Waals surface area contributed by atoms with Crippen LogP contribution in [-0.4, -0.2) is 59.0 Å². The number of hydrogen-bond donors (Lipinski definition) is 3. The van der Waals surface area contributed by atoms with Gasteiger partial charge in [0.05, 0.1) is 5.57 Å². The van der Waals surface area contributed by atoms with Crippen LogP contribution in [0.15, 0.2) is 73.2 Å². The second-order valence-electron chi connectivity index (χ2n) is 11.3. The summed E-state index contributed by atoms with van der Waals surface area (Å²) >= 11 is 0. The van der Waals surface area contributed by atoms with E-state index in [9.17, 15) is 0 Å². The fourth-order valence-electron chi connectivity index (χ4n) is 4.59. The molecule has 7 nitrogen and oxygen atoms in total. The smallest absolute Gasteiger partial charge is 0.176 e. The Morgan fingerprint density at radius 1 is 1.19 bits per heavy atom. The van der Waals surface area contributed by atoms with Crippen LogP contribution in [0.3, 0.4) is 0 Å². The quantitative estimate of drug-likeness (QED) is 0.172. The fourth-order valence-corrected chi connectivity index (χ4v) is 4.59. The van der Waals surface area contributed by atoms with Crippen molar-refractivity contribution < 1.29 is 0 Å². The van der Waals surface area contributed by atoms with Gasteiger partial charge in [-0.25, -0.2) is 9.98 Å². The molecule has 3 N–H and O–H groups in total. The average Bonchev–Trinajstić information content (AvgIpc) is 3.47. The monoisotopic (exact) mass is 571 g/mol. The lowest BCUT2D eigenvalue weighted by atomic mass is 10.0. The highest BCUT2D eigenvalue weighted by molar-refractivity contribution is 6.00. The fraction of sp³-hybridized carbons (Fsp3) is 0.457. The van der Waals surface area contributed by atoms with Crippen LogP contribution in [0.4, 0.5) is 0 Å². The van der Waals surface area contributed by atoms with Crippen molar-refractivity contribution in [3.8, 4) is 0 Å². The molecule has 3 rings (SSSR count). The number of benzene rings is 1. The molecule has 1 aliphatic heterocycles. The lowest BCUT2D eigenvalue weighted by Gasteiger charge is -2.25. The van der Waals surface area contributed by atoms with Crippen LogP contribution in [-0.2, 0) is 0 Å². The van der Waals surface area contributed by atoms with Gasteiger partial charge in [0.15, 0.2) is 11.6 Å². The number of aromatic nitrogens is 3. The van der Waals surface area contributed by atoms with Gasteiger partial charge in [0.2, 0.25) is 0 Å². The molecule has 0 radical (unpaired) electrons. The standard InChI is InChI=1S/C28H37N7.C7H16/c1-8-21(18-35(6)7)23-13-10-12-22(16-23)20(5)30-27(31-24-14-11-15-29-17-24)25(9-2)28-32-26(19(3)4)33-34-28;1-4-6-7(3)5-2/h8-10,12-13,16,18,24,29,31H,1-3,11,14-15,17H2,4-7H3,(H,32,33,34);7H,4-6H2,1-3H3/b21-18+,27-25-,30-20+;. The van der Waals surface area contributed by atoms with Crippen LogP contribution >= 0.6 is 0 Å². The normalized spacial score (nSPS) is 16.9. The number of hydrogen-bond acceptors (Lipinski definition) is 6. The van der Waals surface area contributed by atoms with Gasteiger partial charge >= 0.3 is 0 Å². The maximum atomic E-state index is 5.05. The first-order chi connectivity index (χ1) is 20.1. The Kier molecular flexibility index (Phi) is 14.7. The molecule has 1 aromatic heterocycles. The third-order valence-electron chi connectivity index (χ3n) is 7.21. The van der Waals surface area contributed by atoms with E-state index in [1.165, 1.54) is 19.3 Å². The summed E-state index contributed by atoms with van der Waals surface area (Å²) in [7, 11) is 4.00. The molecule has 1 aliphatic rings. The average molecular weight is 572 g/mol. The summed E-state index contributed by atoms with van der Waals surface area (Å²) in [5.74, 6) is 2.85. The second kappa shape index (κ2) is 18.0. The van der Waals surface area contributed by atoms with Gasteiger partial charge in [-0.15, -0.1) is 0 Å². The number of allylic oxidation sites excluding steroid dienone is 5. The maximum Gasteiger partial charge on any atom is 0.176 e. The Hall–Kier alpha value is -3.71. The van der Waals surface area contributed by atoms with Gasteiger partial charge in [-0.2, -0.15) is 5.10 Å². The molecule has 42 heavy (non-hydrogen) atoms. The van der Waals surface area contributed by atoms with E-state index in [-0.39, 0.29) is 6.04 Å². The maximum absolute atomic E-state index is 5.05. The molecule has 7 heteroatoms. The van der Waals surface area contributed by atoms with E-state index in [4.69, 9.17) is 4.99 Å². The Bertz CT molecular complexity index is 1260. The molecular weight excluding hydrogens is 518 g/mol. The molecule has 2 aromatic rings. The summed E-state index contributed by atoms with van der Waals surface area (Å²) in [6, 6.07) is 8.59. The summed E-state index contributed by atoms with van der Waals surface area (Å²) in [5.41, 5.74) is 5.60. The van der Waals surface area contributed by atoms with E-state index in [0.29, 0.717) is 17.5 Å². The van der Waals surface area contributed by atoms with Crippen molar-refractivity contribution in [1.82, 2.24) is 30.7 Å². The minimum absolute atomic E-state index is 0.260. The molecule has 0 aliphatic carbocycles. The number of piperidine rings is 1. The van der Waals surface area contributed by atoms with Crippen LogP contribution < -0.4 is 10.6 Å². The number of aliphatic imine (C=N–C) groups is 1. The third-order valence-corrected chi connectivity index (χ3v) is 7.21. The van der Waals surface area contributed by atoms with Crippen LogP contribution in [0, 0.1) is 5.92 Å².